The van der Waals surface area contributed by atoms with Crippen molar-refractivity contribution >= 4 is 17.2 Å². The molecular weight excluding hydrogens is 256 g/mol. The van der Waals surface area contributed by atoms with Crippen LogP contribution in [-0.2, 0) is 4.79 Å². The van der Waals surface area contributed by atoms with Crippen molar-refractivity contribution in [2.45, 2.75) is 51.6 Å². The maximum absolute atomic E-state index is 11.7. The minimum atomic E-state index is 0.284. The summed E-state index contributed by atoms with van der Waals surface area (Å²) in [6.07, 6.45) is 4.04. The monoisotopic (exact) mass is 280 g/mol. The van der Waals surface area contributed by atoms with Gasteiger partial charge >= 0.3 is 0 Å². The lowest BCUT2D eigenvalue weighted by Crippen LogP contribution is -2.36. The first kappa shape index (κ1) is 14.5. The van der Waals surface area contributed by atoms with Crippen LogP contribution in [0.3, 0.4) is 0 Å². The highest BCUT2D eigenvalue weighted by atomic mass is 32.1. The van der Waals surface area contributed by atoms with Crippen molar-refractivity contribution in [3.8, 4) is 0 Å². The molecule has 1 fully saturated rings. The molecule has 0 bridgehead atoms. The van der Waals surface area contributed by atoms with Crippen molar-refractivity contribution < 1.29 is 4.79 Å². The second-order valence-electron chi connectivity index (χ2n) is 5.24. The number of hydrogen-bond donors (Lipinski definition) is 1. The van der Waals surface area contributed by atoms with Gasteiger partial charge in [0.2, 0.25) is 5.91 Å². The third-order valence-corrected chi connectivity index (χ3v) is 4.50. The quantitative estimate of drug-likeness (QED) is 0.868. The van der Waals surface area contributed by atoms with Gasteiger partial charge in [-0.3, -0.25) is 4.79 Å². The van der Waals surface area contributed by atoms with E-state index in [4.69, 9.17) is 0 Å². The first-order valence-electron chi connectivity index (χ1n) is 7.30. The highest BCUT2D eigenvalue weighted by molar-refractivity contribution is 7.07. The fraction of sp³-hybridized carbons (Fsp3) is 0.667. The van der Waals surface area contributed by atoms with Crippen LogP contribution in [-0.4, -0.2) is 29.9 Å². The lowest BCUT2D eigenvalue weighted by molar-refractivity contribution is -0.129. The Labute approximate surface area is 120 Å². The van der Waals surface area contributed by atoms with E-state index in [1.165, 1.54) is 12.0 Å². The maximum atomic E-state index is 11.7. The molecule has 1 aromatic rings. The summed E-state index contributed by atoms with van der Waals surface area (Å²) in [5.41, 5.74) is 1.40. The largest absolute Gasteiger partial charge is 0.341 e. The van der Waals surface area contributed by atoms with Crippen LogP contribution in [0.25, 0.3) is 0 Å². The van der Waals surface area contributed by atoms with Crippen LogP contribution in [0.15, 0.2) is 16.8 Å². The average molecular weight is 280 g/mol. The zero-order valence-electron chi connectivity index (χ0n) is 11.9. The van der Waals surface area contributed by atoms with E-state index in [1.54, 1.807) is 11.3 Å². The molecule has 0 unspecified atom stereocenters. The first-order valence-corrected chi connectivity index (χ1v) is 8.24. The van der Waals surface area contributed by atoms with Gasteiger partial charge in [-0.25, -0.2) is 0 Å². The van der Waals surface area contributed by atoms with Crippen LogP contribution in [0, 0.1) is 0 Å². The molecule has 1 N–H and O–H groups in total. The zero-order valence-corrected chi connectivity index (χ0v) is 12.7. The fourth-order valence-electron chi connectivity index (χ4n) is 2.74. The summed E-state index contributed by atoms with van der Waals surface area (Å²) in [5.74, 6) is 0.284. The second kappa shape index (κ2) is 7.06. The molecule has 2 atom stereocenters. The van der Waals surface area contributed by atoms with Crippen LogP contribution < -0.4 is 5.32 Å². The number of hydrogen-bond acceptors (Lipinski definition) is 3. The van der Waals surface area contributed by atoms with Gasteiger partial charge in [-0.2, -0.15) is 11.3 Å². The molecule has 106 valence electrons. The Balaban J connectivity index is 1.90. The number of likely N-dealkylation sites (tertiary alicyclic amines) is 1. The Morgan fingerprint density at radius 1 is 1.58 bits per heavy atom. The third-order valence-electron chi connectivity index (χ3n) is 3.80. The molecule has 0 saturated carbocycles. The molecule has 1 saturated heterocycles. The number of rotatable bonds is 6. The topological polar surface area (TPSA) is 32.3 Å². The minimum absolute atomic E-state index is 0.284. The van der Waals surface area contributed by atoms with E-state index >= 15 is 0 Å². The van der Waals surface area contributed by atoms with E-state index in [0.717, 1.165) is 25.9 Å². The van der Waals surface area contributed by atoms with E-state index in [0.29, 0.717) is 18.5 Å². The summed E-state index contributed by atoms with van der Waals surface area (Å²) in [6.45, 7) is 5.95. The maximum Gasteiger partial charge on any atom is 0.222 e. The summed E-state index contributed by atoms with van der Waals surface area (Å²) in [5, 5.41) is 8.11. The molecule has 0 aromatic carbocycles. The van der Waals surface area contributed by atoms with Gasteiger partial charge < -0.3 is 10.2 Å². The lowest BCUT2D eigenvalue weighted by atomic mass is 10.0. The van der Waals surface area contributed by atoms with E-state index in [-0.39, 0.29) is 5.91 Å². The van der Waals surface area contributed by atoms with E-state index in [1.807, 2.05) is 11.8 Å². The predicted molar refractivity (Wildman–Crippen MR) is 80.4 cm³/mol. The molecular formula is C15H24N2OS. The molecule has 4 heteroatoms. The zero-order chi connectivity index (χ0) is 13.7. The van der Waals surface area contributed by atoms with Crippen LogP contribution in [0.1, 0.15) is 51.1 Å². The van der Waals surface area contributed by atoms with Gasteiger partial charge in [-0.1, -0.05) is 20.3 Å². The predicted octanol–water partition coefficient (Wildman–Crippen LogP) is 3.19. The van der Waals surface area contributed by atoms with Gasteiger partial charge in [0, 0.05) is 31.6 Å². The Morgan fingerprint density at radius 3 is 3.05 bits per heavy atom. The highest BCUT2D eigenvalue weighted by Gasteiger charge is 2.27. The number of thiophene rings is 1. The minimum Gasteiger partial charge on any atom is -0.341 e. The number of carbonyl (C=O) groups is 1. The standard InChI is InChI=1S/C15H24N2OS/c1-3-5-14(12-7-9-19-11-12)16-13-6-8-17(10-13)15(18)4-2/h7,9,11,13-14,16H,3-6,8,10H2,1-2H3/t13-,14-/m1/s1. The van der Waals surface area contributed by atoms with Crippen molar-refractivity contribution in [2.24, 2.45) is 0 Å². The van der Waals surface area contributed by atoms with Gasteiger partial charge in [0.25, 0.3) is 0 Å². The second-order valence-corrected chi connectivity index (χ2v) is 6.02. The van der Waals surface area contributed by atoms with Crippen LogP contribution in [0.4, 0.5) is 0 Å². The van der Waals surface area contributed by atoms with Gasteiger partial charge in [0.05, 0.1) is 0 Å². The molecule has 1 amide bonds. The van der Waals surface area contributed by atoms with Gasteiger partial charge in [0.15, 0.2) is 0 Å². The summed E-state index contributed by atoms with van der Waals surface area (Å²) in [7, 11) is 0. The molecule has 19 heavy (non-hydrogen) atoms. The van der Waals surface area contributed by atoms with Crippen LogP contribution in [0.5, 0.6) is 0 Å². The number of amides is 1. The number of nitrogens with one attached hydrogen (secondary N) is 1. The van der Waals surface area contributed by atoms with Crippen molar-refractivity contribution in [2.75, 3.05) is 13.1 Å². The normalized spacial score (nSPS) is 20.7. The van der Waals surface area contributed by atoms with Crippen molar-refractivity contribution in [3.05, 3.63) is 22.4 Å². The lowest BCUT2D eigenvalue weighted by Gasteiger charge is -2.22. The number of nitrogens with zero attached hydrogens (tertiary/aromatic N) is 1. The Kier molecular flexibility index (Phi) is 5.40. The molecule has 1 aliphatic rings. The van der Waals surface area contributed by atoms with E-state index < -0.39 is 0 Å². The summed E-state index contributed by atoms with van der Waals surface area (Å²) >= 11 is 1.76. The van der Waals surface area contributed by atoms with E-state index in [9.17, 15) is 4.79 Å². The van der Waals surface area contributed by atoms with Gasteiger partial charge in [-0.15, -0.1) is 0 Å². The Bertz CT molecular complexity index is 391. The van der Waals surface area contributed by atoms with Crippen molar-refractivity contribution in [3.63, 3.8) is 0 Å². The molecule has 2 heterocycles. The fourth-order valence-corrected chi connectivity index (χ4v) is 3.45. The molecule has 3 nitrogen and oxygen atoms in total. The molecule has 0 aliphatic carbocycles. The van der Waals surface area contributed by atoms with Gasteiger partial charge in [0.1, 0.15) is 0 Å². The van der Waals surface area contributed by atoms with Gasteiger partial charge in [-0.05, 0) is 35.2 Å². The highest BCUT2D eigenvalue weighted by Crippen LogP contribution is 2.23. The third kappa shape index (κ3) is 3.80. The van der Waals surface area contributed by atoms with Crippen LogP contribution in [0.2, 0.25) is 0 Å². The number of carbonyl (C=O) groups excluding carboxylic acids is 1. The van der Waals surface area contributed by atoms with E-state index in [2.05, 4.69) is 29.1 Å². The molecule has 2 rings (SSSR count). The van der Waals surface area contributed by atoms with Crippen LogP contribution >= 0.6 is 11.3 Å². The molecule has 0 radical (unpaired) electrons. The Hall–Kier alpha value is -0.870. The SMILES string of the molecule is CCC[C@@H](N[C@@H]1CCN(C(=O)CC)C1)c1ccsc1. The first-order chi connectivity index (χ1) is 9.24. The summed E-state index contributed by atoms with van der Waals surface area (Å²) in [6, 6.07) is 3.10. The Morgan fingerprint density at radius 2 is 2.42 bits per heavy atom. The smallest absolute Gasteiger partial charge is 0.222 e. The molecule has 1 aromatic heterocycles. The summed E-state index contributed by atoms with van der Waals surface area (Å²) in [4.78, 5) is 13.7. The molecule has 0 spiro atoms. The average Bonchev–Trinajstić information content (AvgIpc) is 3.08. The van der Waals surface area contributed by atoms with Crippen molar-refractivity contribution in [1.29, 1.82) is 0 Å². The van der Waals surface area contributed by atoms with Crippen molar-refractivity contribution in [1.82, 2.24) is 10.2 Å². The summed E-state index contributed by atoms with van der Waals surface area (Å²) < 4.78 is 0. The molecule has 1 aliphatic heterocycles.